The van der Waals surface area contributed by atoms with Crippen LogP contribution < -0.4 is 10.6 Å². The monoisotopic (exact) mass is 451 g/mol. The smallest absolute Gasteiger partial charge is 0.261 e. The maximum atomic E-state index is 12.9. The summed E-state index contributed by atoms with van der Waals surface area (Å²) in [7, 11) is 0. The molecule has 4 aromatic rings. The summed E-state index contributed by atoms with van der Waals surface area (Å²) in [5.41, 5.74) is 1.71. The lowest BCUT2D eigenvalue weighted by Crippen LogP contribution is -2.19. The van der Waals surface area contributed by atoms with Gasteiger partial charge in [0.05, 0.1) is 23.8 Å². The highest BCUT2D eigenvalue weighted by Crippen LogP contribution is 2.23. The van der Waals surface area contributed by atoms with Crippen LogP contribution in [-0.4, -0.2) is 26.6 Å². The molecule has 0 saturated heterocycles. The number of hydrogen-bond acceptors (Lipinski definition) is 4. The molecule has 2 aromatic carbocycles. The molecule has 4 rings (SSSR count). The highest BCUT2D eigenvalue weighted by Gasteiger charge is 2.21. The van der Waals surface area contributed by atoms with Crippen molar-refractivity contribution in [1.82, 2.24) is 14.8 Å². The summed E-state index contributed by atoms with van der Waals surface area (Å²) in [5, 5.41) is 10.7. The van der Waals surface area contributed by atoms with Crippen molar-refractivity contribution in [3.05, 3.63) is 100 Å². The summed E-state index contributed by atoms with van der Waals surface area (Å²) >= 11 is 11.7. The molecule has 2 aromatic heterocycles. The van der Waals surface area contributed by atoms with Crippen molar-refractivity contribution in [3.8, 4) is 5.69 Å². The lowest BCUT2D eigenvalue weighted by atomic mass is 10.2. The van der Waals surface area contributed by atoms with E-state index in [-0.39, 0.29) is 11.4 Å². The van der Waals surface area contributed by atoms with Crippen LogP contribution >= 0.6 is 23.2 Å². The van der Waals surface area contributed by atoms with E-state index in [0.717, 1.165) is 0 Å². The summed E-state index contributed by atoms with van der Waals surface area (Å²) < 4.78 is 1.49. The summed E-state index contributed by atoms with van der Waals surface area (Å²) in [4.78, 5) is 29.7. The van der Waals surface area contributed by atoms with E-state index in [0.29, 0.717) is 27.1 Å². The van der Waals surface area contributed by atoms with Crippen LogP contribution in [0.3, 0.4) is 0 Å². The minimum atomic E-state index is -0.460. The number of pyridine rings is 1. The van der Waals surface area contributed by atoms with E-state index in [1.165, 1.54) is 17.1 Å². The molecule has 0 spiro atoms. The predicted molar refractivity (Wildman–Crippen MR) is 120 cm³/mol. The van der Waals surface area contributed by atoms with E-state index in [1.807, 2.05) is 30.3 Å². The molecule has 0 unspecified atom stereocenters. The number of aromatic nitrogens is 3. The predicted octanol–water partition coefficient (Wildman–Crippen LogP) is 5.08. The lowest BCUT2D eigenvalue weighted by Gasteiger charge is -2.12. The minimum Gasteiger partial charge on any atom is -0.320 e. The van der Waals surface area contributed by atoms with Gasteiger partial charge in [-0.3, -0.25) is 9.59 Å². The Morgan fingerprint density at radius 1 is 0.806 bits per heavy atom. The molecular weight excluding hydrogens is 437 g/mol. The molecule has 2 amide bonds. The Morgan fingerprint density at radius 2 is 1.55 bits per heavy atom. The first-order valence-corrected chi connectivity index (χ1v) is 9.90. The second-order valence-electron chi connectivity index (χ2n) is 6.44. The van der Waals surface area contributed by atoms with Crippen molar-refractivity contribution < 1.29 is 9.59 Å². The largest absolute Gasteiger partial charge is 0.320 e. The summed E-state index contributed by atoms with van der Waals surface area (Å²) in [6, 6.07) is 18.8. The van der Waals surface area contributed by atoms with Gasteiger partial charge >= 0.3 is 0 Å². The topological polar surface area (TPSA) is 88.9 Å². The average Bonchev–Trinajstić information content (AvgIpc) is 3.20. The van der Waals surface area contributed by atoms with E-state index in [2.05, 4.69) is 20.7 Å². The van der Waals surface area contributed by atoms with Crippen molar-refractivity contribution in [2.45, 2.75) is 0 Å². The molecule has 2 heterocycles. The molecule has 0 aliphatic carbocycles. The van der Waals surface area contributed by atoms with Crippen molar-refractivity contribution in [2.75, 3.05) is 10.6 Å². The van der Waals surface area contributed by atoms with Gasteiger partial charge in [0.2, 0.25) is 0 Å². The Kier molecular flexibility index (Phi) is 5.97. The number of nitrogens with one attached hydrogen (secondary N) is 2. The van der Waals surface area contributed by atoms with Crippen LogP contribution in [-0.2, 0) is 0 Å². The van der Waals surface area contributed by atoms with Crippen LogP contribution in [0.2, 0.25) is 10.2 Å². The van der Waals surface area contributed by atoms with Crippen molar-refractivity contribution in [3.63, 3.8) is 0 Å². The summed E-state index contributed by atoms with van der Waals surface area (Å²) in [5.74, 6) is -0.639. The molecule has 0 aliphatic heterocycles. The fourth-order valence-corrected chi connectivity index (χ4v) is 3.07. The zero-order valence-corrected chi connectivity index (χ0v) is 17.4. The molecule has 9 heteroatoms. The molecular formula is C22H15Cl2N5O2. The molecule has 0 bridgehead atoms. The molecule has 2 N–H and O–H groups in total. The number of carbonyl (C=O) groups is 2. The zero-order valence-electron chi connectivity index (χ0n) is 15.9. The van der Waals surface area contributed by atoms with E-state index in [1.54, 1.807) is 36.4 Å². The van der Waals surface area contributed by atoms with E-state index in [9.17, 15) is 9.59 Å². The first-order chi connectivity index (χ1) is 15.0. The Balaban J connectivity index is 1.68. The Labute approximate surface area is 187 Å². The first kappa shape index (κ1) is 20.6. The molecule has 0 atom stereocenters. The van der Waals surface area contributed by atoms with E-state index in [4.69, 9.17) is 23.2 Å². The molecule has 7 nitrogen and oxygen atoms in total. The number of carbonyl (C=O) groups excluding carboxylic acids is 2. The van der Waals surface area contributed by atoms with Crippen molar-refractivity contribution >= 4 is 46.5 Å². The van der Waals surface area contributed by atoms with E-state index >= 15 is 0 Å². The van der Waals surface area contributed by atoms with Gasteiger partial charge in [-0.15, -0.1) is 0 Å². The normalized spacial score (nSPS) is 10.5. The third-order valence-corrected chi connectivity index (χ3v) is 4.81. The highest BCUT2D eigenvalue weighted by atomic mass is 35.5. The standard InChI is InChI=1S/C22H15Cl2N5O2/c23-15-8-6-14(7-9-15)21(30)28-20-18(13-26-29(20)17-4-2-1-3-5-17)22(31)27-16-10-11-19(24)25-12-16/h1-13H,(H,27,31)(H,28,30). The van der Waals surface area contributed by atoms with Crippen LogP contribution in [0, 0.1) is 0 Å². The van der Waals surface area contributed by atoms with Crippen molar-refractivity contribution in [1.29, 1.82) is 0 Å². The van der Waals surface area contributed by atoms with Gasteiger partial charge in [-0.2, -0.15) is 5.10 Å². The molecule has 0 saturated carbocycles. The second kappa shape index (κ2) is 8.99. The van der Waals surface area contributed by atoms with Gasteiger partial charge in [-0.1, -0.05) is 41.4 Å². The third kappa shape index (κ3) is 4.74. The SMILES string of the molecule is O=C(Nc1c(C(=O)Nc2ccc(Cl)nc2)cnn1-c1ccccc1)c1ccc(Cl)cc1. The molecule has 31 heavy (non-hydrogen) atoms. The highest BCUT2D eigenvalue weighted by molar-refractivity contribution is 6.30. The van der Waals surface area contributed by atoms with Crippen LogP contribution in [0.15, 0.2) is 79.1 Å². The van der Waals surface area contributed by atoms with Crippen LogP contribution in [0.25, 0.3) is 5.69 Å². The second-order valence-corrected chi connectivity index (χ2v) is 7.26. The Morgan fingerprint density at radius 3 is 2.23 bits per heavy atom. The number of rotatable bonds is 5. The number of benzene rings is 2. The fraction of sp³-hybridized carbons (Fsp3) is 0. The number of halogens is 2. The Bertz CT molecular complexity index is 1220. The lowest BCUT2D eigenvalue weighted by molar-refractivity contribution is 0.102. The molecule has 154 valence electrons. The molecule has 0 radical (unpaired) electrons. The van der Waals surface area contributed by atoms with Crippen LogP contribution in [0.1, 0.15) is 20.7 Å². The zero-order chi connectivity index (χ0) is 21.8. The van der Waals surface area contributed by atoms with E-state index < -0.39 is 11.8 Å². The number of hydrogen-bond donors (Lipinski definition) is 2. The van der Waals surface area contributed by atoms with Gasteiger partial charge < -0.3 is 10.6 Å². The van der Waals surface area contributed by atoms with Gasteiger partial charge in [-0.25, -0.2) is 9.67 Å². The van der Waals surface area contributed by atoms with Gasteiger partial charge in [0, 0.05) is 10.6 Å². The van der Waals surface area contributed by atoms with Crippen molar-refractivity contribution in [2.24, 2.45) is 0 Å². The number of anilines is 2. The molecule has 0 fully saturated rings. The van der Waals surface area contributed by atoms with Crippen LogP contribution in [0.4, 0.5) is 11.5 Å². The number of para-hydroxylation sites is 1. The summed E-state index contributed by atoms with van der Waals surface area (Å²) in [6.45, 7) is 0. The number of nitrogens with zero attached hydrogens (tertiary/aromatic N) is 3. The summed E-state index contributed by atoms with van der Waals surface area (Å²) in [6.07, 6.45) is 2.83. The van der Waals surface area contributed by atoms with Crippen LogP contribution in [0.5, 0.6) is 0 Å². The van der Waals surface area contributed by atoms with Gasteiger partial charge in [0.15, 0.2) is 0 Å². The maximum Gasteiger partial charge on any atom is 0.261 e. The van der Waals surface area contributed by atoms with Gasteiger partial charge in [0.25, 0.3) is 11.8 Å². The molecule has 0 aliphatic rings. The maximum absolute atomic E-state index is 12.9. The third-order valence-electron chi connectivity index (χ3n) is 4.34. The first-order valence-electron chi connectivity index (χ1n) is 9.14. The van der Waals surface area contributed by atoms with Gasteiger partial charge in [0.1, 0.15) is 16.5 Å². The Hall–Kier alpha value is -3.68. The quantitative estimate of drug-likeness (QED) is 0.414. The van der Waals surface area contributed by atoms with Gasteiger partial charge in [-0.05, 0) is 48.5 Å². The number of amides is 2. The minimum absolute atomic E-state index is 0.182. The fourth-order valence-electron chi connectivity index (χ4n) is 2.83. The average molecular weight is 452 g/mol.